The van der Waals surface area contributed by atoms with E-state index in [4.69, 9.17) is 0 Å². The van der Waals surface area contributed by atoms with Crippen LogP contribution in [0.15, 0.2) is 0 Å². The summed E-state index contributed by atoms with van der Waals surface area (Å²) in [5.74, 6) is -0.308. The van der Waals surface area contributed by atoms with Crippen LogP contribution in [-0.2, 0) is 12.4 Å². The number of rotatable bonds is 14. The van der Waals surface area contributed by atoms with Gasteiger partial charge in [-0.15, -0.1) is 0 Å². The van der Waals surface area contributed by atoms with Crippen LogP contribution in [0.2, 0.25) is 0 Å². The second-order valence-corrected chi connectivity index (χ2v) is 5.65. The molecular formula is C15H29AlO3. The van der Waals surface area contributed by atoms with Crippen molar-refractivity contribution >= 4 is 21.5 Å². The molecule has 0 bridgehead atoms. The third-order valence-corrected chi connectivity index (χ3v) is 3.77. The molecule has 0 fully saturated rings. The standard InChI is InChI=1S/C15H30O2.Al.O/c1-2-3-4-5-6-7-8-9-10-11-12-13-14-15(16)17;;/h2-14H2,1H3,(H,16,17);;/q;+1;/p-1. The monoisotopic (exact) mass is 284 g/mol. The molecule has 3 nitrogen and oxygen atoms in total. The van der Waals surface area contributed by atoms with Crippen LogP contribution in [0, 0.1) is 0 Å². The Morgan fingerprint density at radius 1 is 0.789 bits per heavy atom. The van der Waals surface area contributed by atoms with E-state index >= 15 is 0 Å². The SMILES string of the molecule is CCCCCCCCCCCCCCC(=O)[O][Al]=[O]. The van der Waals surface area contributed by atoms with Crippen molar-refractivity contribution in [3.05, 3.63) is 0 Å². The summed E-state index contributed by atoms with van der Waals surface area (Å²) >= 11 is -1.37. The number of hydrogen-bond acceptors (Lipinski definition) is 3. The first kappa shape index (κ1) is 18.8. The topological polar surface area (TPSA) is 43.4 Å². The Morgan fingerprint density at radius 3 is 1.63 bits per heavy atom. The van der Waals surface area contributed by atoms with Crippen molar-refractivity contribution in [2.75, 3.05) is 0 Å². The van der Waals surface area contributed by atoms with E-state index in [0.717, 1.165) is 12.8 Å². The number of hydrogen-bond donors (Lipinski definition) is 0. The molecular weight excluding hydrogens is 255 g/mol. The zero-order valence-corrected chi connectivity index (χ0v) is 13.6. The third kappa shape index (κ3) is 15.7. The van der Waals surface area contributed by atoms with Gasteiger partial charge in [-0.05, 0) is 0 Å². The Balaban J connectivity index is 3.02. The van der Waals surface area contributed by atoms with Crippen LogP contribution in [0.25, 0.3) is 0 Å². The van der Waals surface area contributed by atoms with Crippen molar-refractivity contribution in [2.24, 2.45) is 0 Å². The average molecular weight is 284 g/mol. The van der Waals surface area contributed by atoms with E-state index in [1.54, 1.807) is 0 Å². The normalized spacial score (nSPS) is 10.2. The van der Waals surface area contributed by atoms with Crippen LogP contribution in [0.3, 0.4) is 0 Å². The Labute approximate surface area is 124 Å². The van der Waals surface area contributed by atoms with Gasteiger partial charge in [0.2, 0.25) is 0 Å². The van der Waals surface area contributed by atoms with E-state index in [2.05, 4.69) is 10.7 Å². The first-order chi connectivity index (χ1) is 9.31. The fourth-order valence-electron chi connectivity index (χ4n) is 2.22. The third-order valence-electron chi connectivity index (χ3n) is 3.41. The Bertz CT molecular complexity index is 219. The van der Waals surface area contributed by atoms with Crippen LogP contribution in [0.5, 0.6) is 0 Å². The molecule has 0 aromatic heterocycles. The van der Waals surface area contributed by atoms with Gasteiger partial charge in [0.1, 0.15) is 0 Å². The summed E-state index contributed by atoms with van der Waals surface area (Å²) in [6, 6.07) is 0. The maximum absolute atomic E-state index is 10.9. The fraction of sp³-hybridized carbons (Fsp3) is 0.933. The maximum atomic E-state index is 10.9. The van der Waals surface area contributed by atoms with Crippen molar-refractivity contribution in [1.29, 1.82) is 0 Å². The van der Waals surface area contributed by atoms with Gasteiger partial charge in [-0.1, -0.05) is 26.2 Å². The molecule has 0 unspecified atom stereocenters. The van der Waals surface area contributed by atoms with Crippen molar-refractivity contribution in [3.63, 3.8) is 0 Å². The van der Waals surface area contributed by atoms with E-state index in [0.29, 0.717) is 6.42 Å². The summed E-state index contributed by atoms with van der Waals surface area (Å²) in [5, 5.41) is 0. The summed E-state index contributed by atoms with van der Waals surface area (Å²) < 4.78 is 14.5. The van der Waals surface area contributed by atoms with E-state index in [1.165, 1.54) is 64.2 Å². The van der Waals surface area contributed by atoms with E-state index in [-0.39, 0.29) is 5.97 Å². The van der Waals surface area contributed by atoms with Crippen molar-refractivity contribution in [2.45, 2.75) is 90.4 Å². The summed E-state index contributed by atoms with van der Waals surface area (Å²) in [6.07, 6.45) is 15.8. The second kappa shape index (κ2) is 15.9. The van der Waals surface area contributed by atoms with Gasteiger partial charge in [-0.25, -0.2) is 0 Å². The van der Waals surface area contributed by atoms with Crippen molar-refractivity contribution in [3.8, 4) is 0 Å². The van der Waals surface area contributed by atoms with Gasteiger partial charge < -0.3 is 0 Å². The quantitative estimate of drug-likeness (QED) is 0.346. The molecule has 0 radical (unpaired) electrons. The minimum atomic E-state index is -1.37. The van der Waals surface area contributed by atoms with Crippen LogP contribution in [0.1, 0.15) is 90.4 Å². The zero-order chi connectivity index (χ0) is 14.2. The number of carbonyl (C=O) groups is 1. The number of carbonyl (C=O) groups excluding carboxylic acids is 1. The van der Waals surface area contributed by atoms with Gasteiger partial charge in [0.25, 0.3) is 0 Å². The van der Waals surface area contributed by atoms with Crippen molar-refractivity contribution in [1.82, 2.24) is 0 Å². The molecule has 0 heterocycles. The van der Waals surface area contributed by atoms with E-state index < -0.39 is 15.5 Å². The molecule has 0 saturated carbocycles. The van der Waals surface area contributed by atoms with Gasteiger partial charge in [-0.3, -0.25) is 0 Å². The van der Waals surface area contributed by atoms with Crippen molar-refractivity contribution < 1.29 is 12.4 Å². The molecule has 0 N–H and O–H groups in total. The molecule has 4 heteroatoms. The van der Waals surface area contributed by atoms with E-state index in [9.17, 15) is 8.60 Å². The second-order valence-electron chi connectivity index (χ2n) is 5.23. The van der Waals surface area contributed by atoms with Gasteiger partial charge in [-0.2, -0.15) is 0 Å². The molecule has 0 aliphatic rings. The molecule has 0 rings (SSSR count). The first-order valence-electron chi connectivity index (χ1n) is 7.94. The summed E-state index contributed by atoms with van der Waals surface area (Å²) in [7, 11) is 0. The molecule has 110 valence electrons. The Kier molecular flexibility index (Phi) is 15.7. The van der Waals surface area contributed by atoms with Crippen LogP contribution < -0.4 is 0 Å². The molecule has 19 heavy (non-hydrogen) atoms. The molecule has 0 saturated heterocycles. The first-order valence-corrected chi connectivity index (χ1v) is 8.88. The number of unbranched alkanes of at least 4 members (excludes halogenated alkanes) is 11. The molecule has 0 aliphatic carbocycles. The van der Waals surface area contributed by atoms with Gasteiger partial charge >= 0.3 is 98.1 Å². The van der Waals surface area contributed by atoms with Crippen LogP contribution in [-0.4, -0.2) is 21.5 Å². The molecule has 0 aromatic rings. The van der Waals surface area contributed by atoms with Gasteiger partial charge in [0.15, 0.2) is 0 Å². The predicted molar refractivity (Wildman–Crippen MR) is 78.2 cm³/mol. The molecule has 0 amide bonds. The Hall–Kier alpha value is -0.198. The zero-order valence-electron chi connectivity index (χ0n) is 12.5. The molecule has 0 atom stereocenters. The summed E-state index contributed by atoms with van der Waals surface area (Å²) in [4.78, 5) is 10.9. The van der Waals surface area contributed by atoms with Gasteiger partial charge in [0.05, 0.1) is 0 Å². The molecule has 0 spiro atoms. The molecule has 0 aliphatic heterocycles. The average Bonchev–Trinajstić information content (AvgIpc) is 2.40. The van der Waals surface area contributed by atoms with Crippen LogP contribution >= 0.6 is 0 Å². The minimum absolute atomic E-state index is 0.308. The Morgan fingerprint density at radius 2 is 1.21 bits per heavy atom. The summed E-state index contributed by atoms with van der Waals surface area (Å²) in [6.45, 7) is 2.25. The predicted octanol–water partition coefficient (Wildman–Crippen LogP) is 4.59. The molecule has 0 aromatic carbocycles. The summed E-state index contributed by atoms with van der Waals surface area (Å²) in [5.41, 5.74) is 0. The van der Waals surface area contributed by atoms with E-state index in [1.807, 2.05) is 0 Å². The van der Waals surface area contributed by atoms with Gasteiger partial charge in [0, 0.05) is 0 Å². The van der Waals surface area contributed by atoms with Crippen LogP contribution in [0.4, 0.5) is 0 Å². The fourth-order valence-corrected chi connectivity index (χ4v) is 2.45.